The second-order valence-corrected chi connectivity index (χ2v) is 7.45. The van der Waals surface area contributed by atoms with E-state index in [0.717, 1.165) is 62.3 Å². The molecule has 0 radical (unpaired) electrons. The van der Waals surface area contributed by atoms with Crippen molar-refractivity contribution in [1.82, 2.24) is 19.9 Å². The van der Waals surface area contributed by atoms with Crippen LogP contribution in [0.4, 0.5) is 11.9 Å². The van der Waals surface area contributed by atoms with E-state index in [4.69, 9.17) is 5.73 Å². The van der Waals surface area contributed by atoms with Gasteiger partial charge in [-0.2, -0.15) is 26.7 Å². The molecule has 0 spiro atoms. The summed E-state index contributed by atoms with van der Waals surface area (Å²) in [6.07, 6.45) is 1.89. The van der Waals surface area contributed by atoms with Crippen molar-refractivity contribution in [3.05, 3.63) is 41.7 Å². The highest BCUT2D eigenvalue weighted by Gasteiger charge is 2.17. The number of nitrogen functional groups attached to an aromatic ring is 1. The number of nitrogens with two attached hydrogens (primary N) is 1. The van der Waals surface area contributed by atoms with Crippen molar-refractivity contribution in [1.29, 1.82) is 0 Å². The Balaban J connectivity index is 0.00000243. The zero-order chi connectivity index (χ0) is 17.5. The molecular formula is C18H27ClN6S. The zero-order valence-electron chi connectivity index (χ0n) is 15.2. The first-order chi connectivity index (χ1) is 12.2. The van der Waals surface area contributed by atoms with Crippen LogP contribution in [0.15, 0.2) is 30.3 Å². The number of aryl methyl sites for hydroxylation is 1. The molecular weight excluding hydrogens is 368 g/mol. The maximum Gasteiger partial charge on any atom is 0.230 e. The Morgan fingerprint density at radius 3 is 2.50 bits per heavy atom. The van der Waals surface area contributed by atoms with Crippen molar-refractivity contribution in [3.8, 4) is 0 Å². The van der Waals surface area contributed by atoms with Gasteiger partial charge < -0.3 is 15.5 Å². The van der Waals surface area contributed by atoms with E-state index in [1.54, 1.807) is 0 Å². The lowest BCUT2D eigenvalue weighted by Crippen LogP contribution is -2.45. The first kappa shape index (κ1) is 20.7. The van der Waals surface area contributed by atoms with E-state index in [1.165, 1.54) is 5.56 Å². The van der Waals surface area contributed by atoms with Gasteiger partial charge in [0.05, 0.1) is 0 Å². The summed E-state index contributed by atoms with van der Waals surface area (Å²) in [4.78, 5) is 17.8. The van der Waals surface area contributed by atoms with Crippen molar-refractivity contribution in [2.24, 2.45) is 0 Å². The molecule has 6 nitrogen and oxygen atoms in total. The van der Waals surface area contributed by atoms with E-state index in [9.17, 15) is 0 Å². The second-order valence-electron chi connectivity index (χ2n) is 6.34. The highest BCUT2D eigenvalue weighted by Crippen LogP contribution is 2.15. The number of rotatable bonds is 7. The Bertz CT molecular complexity index is 664. The van der Waals surface area contributed by atoms with Gasteiger partial charge in [0.25, 0.3) is 0 Å². The minimum absolute atomic E-state index is 0. The van der Waals surface area contributed by atoms with Crippen LogP contribution < -0.4 is 10.6 Å². The van der Waals surface area contributed by atoms with E-state index in [-0.39, 0.29) is 12.4 Å². The van der Waals surface area contributed by atoms with E-state index in [1.807, 2.05) is 11.8 Å². The topological polar surface area (TPSA) is 71.2 Å². The van der Waals surface area contributed by atoms with Crippen molar-refractivity contribution < 1.29 is 0 Å². The number of piperazine rings is 1. The van der Waals surface area contributed by atoms with E-state index >= 15 is 0 Å². The maximum absolute atomic E-state index is 5.90. The largest absolute Gasteiger partial charge is 0.368 e. The van der Waals surface area contributed by atoms with Crippen molar-refractivity contribution in [2.75, 3.05) is 49.6 Å². The molecule has 2 aromatic rings. The summed E-state index contributed by atoms with van der Waals surface area (Å²) in [7, 11) is 2.14. The van der Waals surface area contributed by atoms with Gasteiger partial charge in [-0.15, -0.1) is 12.4 Å². The van der Waals surface area contributed by atoms with Gasteiger partial charge >= 0.3 is 0 Å². The Labute approximate surface area is 166 Å². The monoisotopic (exact) mass is 394 g/mol. The van der Waals surface area contributed by atoms with Gasteiger partial charge in [0, 0.05) is 38.4 Å². The number of anilines is 2. The van der Waals surface area contributed by atoms with Crippen molar-refractivity contribution >= 4 is 36.1 Å². The summed E-state index contributed by atoms with van der Waals surface area (Å²) < 4.78 is 0. The van der Waals surface area contributed by atoms with Crippen LogP contribution in [-0.4, -0.2) is 58.8 Å². The molecule has 0 unspecified atom stereocenters. The number of benzene rings is 1. The van der Waals surface area contributed by atoms with Crippen LogP contribution in [0.1, 0.15) is 17.8 Å². The van der Waals surface area contributed by atoms with Crippen LogP contribution in [0.5, 0.6) is 0 Å². The number of hydrogen-bond donors (Lipinski definition) is 1. The van der Waals surface area contributed by atoms with E-state index in [2.05, 4.69) is 62.1 Å². The third-order valence-electron chi connectivity index (χ3n) is 4.27. The van der Waals surface area contributed by atoms with E-state index < -0.39 is 0 Å². The Hall–Kier alpha value is -1.57. The highest BCUT2D eigenvalue weighted by molar-refractivity contribution is 7.98. The van der Waals surface area contributed by atoms with Gasteiger partial charge in [0.15, 0.2) is 0 Å². The summed E-state index contributed by atoms with van der Waals surface area (Å²) in [5, 5.41) is 0. The highest BCUT2D eigenvalue weighted by atomic mass is 35.5. The molecule has 0 aliphatic carbocycles. The normalized spacial score (nSPS) is 14.9. The smallest absolute Gasteiger partial charge is 0.230 e. The molecule has 2 heterocycles. The van der Waals surface area contributed by atoms with Gasteiger partial charge in [0.2, 0.25) is 11.9 Å². The van der Waals surface area contributed by atoms with E-state index in [0.29, 0.717) is 5.95 Å². The van der Waals surface area contributed by atoms with Gasteiger partial charge in [0.1, 0.15) is 5.82 Å². The fourth-order valence-corrected chi connectivity index (χ4v) is 3.70. The molecule has 26 heavy (non-hydrogen) atoms. The molecule has 2 N–H and O–H groups in total. The third-order valence-corrected chi connectivity index (χ3v) is 5.39. The molecule has 1 fully saturated rings. The molecule has 0 bridgehead atoms. The Kier molecular flexibility index (Phi) is 8.41. The minimum atomic E-state index is 0. The molecule has 142 valence electrons. The SMILES string of the molecule is CN1CCN(c2nc(N)nc(CCCSCc3ccccc3)n2)CC1.Cl. The van der Waals surface area contributed by atoms with Crippen molar-refractivity contribution in [3.63, 3.8) is 0 Å². The summed E-state index contributed by atoms with van der Waals surface area (Å²) in [5.74, 6) is 4.00. The van der Waals surface area contributed by atoms with Crippen LogP contribution >= 0.6 is 24.2 Å². The number of nitrogens with zero attached hydrogens (tertiary/aromatic N) is 5. The van der Waals surface area contributed by atoms with Crippen LogP contribution in [0.2, 0.25) is 0 Å². The minimum Gasteiger partial charge on any atom is -0.368 e. The maximum atomic E-state index is 5.90. The molecule has 1 saturated heterocycles. The van der Waals surface area contributed by atoms with Crippen LogP contribution in [-0.2, 0) is 12.2 Å². The van der Waals surface area contributed by atoms with Crippen LogP contribution in [0.3, 0.4) is 0 Å². The molecule has 0 atom stereocenters. The van der Waals surface area contributed by atoms with Gasteiger partial charge in [-0.3, -0.25) is 0 Å². The second kappa shape index (κ2) is 10.5. The summed E-state index contributed by atoms with van der Waals surface area (Å²) >= 11 is 1.94. The molecule has 1 aromatic heterocycles. The third kappa shape index (κ3) is 6.30. The predicted molar refractivity (Wildman–Crippen MR) is 112 cm³/mol. The quantitative estimate of drug-likeness (QED) is 0.723. The number of hydrogen-bond acceptors (Lipinski definition) is 7. The Morgan fingerprint density at radius 2 is 1.77 bits per heavy atom. The average Bonchev–Trinajstić information content (AvgIpc) is 2.62. The molecule has 1 aliphatic rings. The standard InChI is InChI=1S/C18H26N6S.ClH/c1-23-9-11-24(12-10-23)18-21-16(20-17(19)22-18)8-5-13-25-14-15-6-3-2-4-7-15;/h2-4,6-7H,5,8-14H2,1H3,(H2,19,20,21,22);1H. The van der Waals surface area contributed by atoms with Crippen molar-refractivity contribution in [2.45, 2.75) is 18.6 Å². The number of aromatic nitrogens is 3. The summed E-state index contributed by atoms with van der Waals surface area (Å²) in [6, 6.07) is 10.6. The molecule has 1 aromatic carbocycles. The number of likely N-dealkylation sites (N-methyl/N-ethyl adjacent to an activating group) is 1. The Morgan fingerprint density at radius 1 is 1.04 bits per heavy atom. The molecule has 1 aliphatic heterocycles. The molecule has 8 heteroatoms. The number of halogens is 1. The molecule has 0 saturated carbocycles. The fraction of sp³-hybridized carbons (Fsp3) is 0.500. The first-order valence-corrected chi connectivity index (χ1v) is 9.92. The zero-order valence-corrected chi connectivity index (χ0v) is 16.8. The fourth-order valence-electron chi connectivity index (χ4n) is 2.78. The van der Waals surface area contributed by atoms with Crippen LogP contribution in [0, 0.1) is 0 Å². The van der Waals surface area contributed by atoms with Gasteiger partial charge in [-0.05, 0) is 24.8 Å². The average molecular weight is 395 g/mol. The van der Waals surface area contributed by atoms with Gasteiger partial charge in [-0.25, -0.2) is 0 Å². The summed E-state index contributed by atoms with van der Waals surface area (Å²) in [6.45, 7) is 3.92. The lowest BCUT2D eigenvalue weighted by Gasteiger charge is -2.32. The first-order valence-electron chi connectivity index (χ1n) is 8.76. The summed E-state index contributed by atoms with van der Waals surface area (Å²) in [5.41, 5.74) is 7.26. The lowest BCUT2D eigenvalue weighted by molar-refractivity contribution is 0.311. The van der Waals surface area contributed by atoms with Crippen LogP contribution in [0.25, 0.3) is 0 Å². The van der Waals surface area contributed by atoms with Gasteiger partial charge in [-0.1, -0.05) is 30.3 Å². The predicted octanol–water partition coefficient (Wildman–Crippen LogP) is 2.49. The lowest BCUT2D eigenvalue weighted by atomic mass is 10.2. The number of thioether (sulfide) groups is 1. The molecule has 0 amide bonds. The molecule has 3 rings (SSSR count).